The van der Waals surface area contributed by atoms with Crippen LogP contribution in [-0.2, 0) is 9.53 Å². The number of allylic oxidation sites excluding steroid dienone is 4. The van der Waals surface area contributed by atoms with E-state index in [1.165, 1.54) is 135 Å². The maximum absolute atomic E-state index is 11.9. The zero-order valence-corrected chi connectivity index (χ0v) is 24.0. The fraction of sp³-hybridized carbons (Fsp3) is 0.848. The monoisotopic (exact) mass is 490 g/mol. The Bertz CT molecular complexity index is 466. The van der Waals surface area contributed by atoms with Crippen molar-refractivity contribution < 1.29 is 9.53 Å². The van der Waals surface area contributed by atoms with Crippen LogP contribution in [0.5, 0.6) is 0 Å². The topological polar surface area (TPSA) is 26.3 Å². The average Bonchev–Trinajstić information content (AvgIpc) is 2.86. The molecule has 0 aromatic heterocycles. The quantitative estimate of drug-likeness (QED) is 0.0619. The molecule has 0 fully saturated rings. The van der Waals surface area contributed by atoms with E-state index in [0.29, 0.717) is 13.0 Å². The Hall–Kier alpha value is -1.05. The van der Waals surface area contributed by atoms with E-state index in [1.807, 2.05) is 0 Å². The van der Waals surface area contributed by atoms with Crippen LogP contribution in [0.25, 0.3) is 0 Å². The number of carbonyl (C=O) groups is 1. The van der Waals surface area contributed by atoms with Gasteiger partial charge in [-0.3, -0.25) is 4.79 Å². The Labute approximate surface area is 220 Å². The summed E-state index contributed by atoms with van der Waals surface area (Å²) in [5.74, 6) is 0.0136. The summed E-state index contributed by atoms with van der Waals surface area (Å²) in [6, 6.07) is 0. The number of unbranched alkanes of at least 4 members (excludes halogenated alkanes) is 20. The molecule has 0 aromatic rings. The van der Waals surface area contributed by atoms with Crippen molar-refractivity contribution in [2.45, 2.75) is 174 Å². The highest BCUT2D eigenvalue weighted by Crippen LogP contribution is 2.13. The number of hydrogen-bond donors (Lipinski definition) is 0. The second-order valence-corrected chi connectivity index (χ2v) is 10.4. The lowest BCUT2D eigenvalue weighted by Gasteiger charge is -2.05. The third kappa shape index (κ3) is 30.9. The molecule has 2 nitrogen and oxygen atoms in total. The summed E-state index contributed by atoms with van der Waals surface area (Å²) in [6.45, 7) is 5.15. The summed E-state index contributed by atoms with van der Waals surface area (Å²) in [6.07, 6.45) is 40.7. The molecule has 0 saturated heterocycles. The van der Waals surface area contributed by atoms with Gasteiger partial charge in [-0.2, -0.15) is 0 Å². The fourth-order valence-corrected chi connectivity index (χ4v) is 4.46. The molecule has 0 aliphatic carbocycles. The molecule has 0 spiro atoms. The van der Waals surface area contributed by atoms with Gasteiger partial charge in [-0.1, -0.05) is 147 Å². The highest BCUT2D eigenvalue weighted by atomic mass is 16.5. The Balaban J connectivity index is 3.22. The molecule has 0 aliphatic heterocycles. The first-order chi connectivity index (χ1) is 17.3. The first kappa shape index (κ1) is 34.0. The summed E-state index contributed by atoms with van der Waals surface area (Å²) in [7, 11) is 0. The molecule has 206 valence electrons. The SMILES string of the molecule is CCCCC/C=C\C/C=C/CCCCCCCCOC(=O)CCCCCCCCCCCCCC. The van der Waals surface area contributed by atoms with E-state index in [0.717, 1.165) is 19.3 Å². The second-order valence-electron chi connectivity index (χ2n) is 10.4. The van der Waals surface area contributed by atoms with Gasteiger partial charge >= 0.3 is 5.97 Å². The smallest absolute Gasteiger partial charge is 0.305 e. The molecule has 0 heterocycles. The van der Waals surface area contributed by atoms with Gasteiger partial charge in [-0.05, 0) is 44.9 Å². The molecule has 0 unspecified atom stereocenters. The van der Waals surface area contributed by atoms with Gasteiger partial charge in [-0.15, -0.1) is 0 Å². The first-order valence-electron chi connectivity index (χ1n) is 15.8. The number of rotatable bonds is 28. The van der Waals surface area contributed by atoms with Gasteiger partial charge in [0.15, 0.2) is 0 Å². The molecule has 0 radical (unpaired) electrons. The number of hydrogen-bond acceptors (Lipinski definition) is 2. The van der Waals surface area contributed by atoms with Gasteiger partial charge in [0.05, 0.1) is 6.61 Å². The van der Waals surface area contributed by atoms with Crippen LogP contribution >= 0.6 is 0 Å². The van der Waals surface area contributed by atoms with E-state index >= 15 is 0 Å². The van der Waals surface area contributed by atoms with Crippen LogP contribution in [0, 0.1) is 0 Å². The summed E-state index contributed by atoms with van der Waals surface area (Å²) in [4.78, 5) is 11.9. The van der Waals surface area contributed by atoms with Crippen LogP contribution in [-0.4, -0.2) is 12.6 Å². The van der Waals surface area contributed by atoms with E-state index in [1.54, 1.807) is 0 Å². The van der Waals surface area contributed by atoms with Crippen LogP contribution in [0.15, 0.2) is 24.3 Å². The number of ether oxygens (including phenoxy) is 1. The van der Waals surface area contributed by atoms with Crippen molar-refractivity contribution in [2.24, 2.45) is 0 Å². The molecule has 0 saturated carbocycles. The molecule has 0 bridgehead atoms. The Morgan fingerprint density at radius 1 is 0.486 bits per heavy atom. The zero-order valence-electron chi connectivity index (χ0n) is 24.0. The molecule has 2 heteroatoms. The highest BCUT2D eigenvalue weighted by Gasteiger charge is 2.02. The molecular weight excluding hydrogens is 428 g/mol. The molecule has 35 heavy (non-hydrogen) atoms. The molecular formula is C33H62O2. The highest BCUT2D eigenvalue weighted by molar-refractivity contribution is 5.69. The van der Waals surface area contributed by atoms with Gasteiger partial charge in [-0.25, -0.2) is 0 Å². The summed E-state index contributed by atoms with van der Waals surface area (Å²) >= 11 is 0. The van der Waals surface area contributed by atoms with Crippen LogP contribution < -0.4 is 0 Å². The van der Waals surface area contributed by atoms with Crippen LogP contribution in [0.2, 0.25) is 0 Å². The lowest BCUT2D eigenvalue weighted by atomic mass is 10.0. The third-order valence-corrected chi connectivity index (χ3v) is 6.84. The van der Waals surface area contributed by atoms with Crippen molar-refractivity contribution >= 4 is 5.97 Å². The summed E-state index contributed by atoms with van der Waals surface area (Å²) < 4.78 is 5.41. The predicted molar refractivity (Wildman–Crippen MR) is 156 cm³/mol. The first-order valence-corrected chi connectivity index (χ1v) is 15.8. The standard InChI is InChI=1S/C33H62O2/c1-3-5-7-9-11-13-15-17-18-19-20-22-24-26-28-30-32-35-33(34)31-29-27-25-23-21-16-14-12-10-8-6-4-2/h11,13,17-18H,3-10,12,14-16,19-32H2,1-2H3/b13-11-,18-17+. The fourth-order valence-electron chi connectivity index (χ4n) is 4.46. The van der Waals surface area contributed by atoms with Crippen LogP contribution in [0.1, 0.15) is 174 Å². The maximum atomic E-state index is 11.9. The van der Waals surface area contributed by atoms with Crippen LogP contribution in [0.4, 0.5) is 0 Å². The number of carbonyl (C=O) groups excluding carboxylic acids is 1. The minimum absolute atomic E-state index is 0.0136. The van der Waals surface area contributed by atoms with Gasteiger partial charge in [0, 0.05) is 6.42 Å². The lowest BCUT2D eigenvalue weighted by Crippen LogP contribution is -2.05. The summed E-state index contributed by atoms with van der Waals surface area (Å²) in [5, 5.41) is 0. The predicted octanol–water partition coefficient (Wildman–Crippen LogP) is 11.4. The van der Waals surface area contributed by atoms with Gasteiger partial charge in [0.25, 0.3) is 0 Å². The van der Waals surface area contributed by atoms with E-state index < -0.39 is 0 Å². The van der Waals surface area contributed by atoms with Crippen molar-refractivity contribution in [3.8, 4) is 0 Å². The minimum atomic E-state index is 0.0136. The molecule has 0 aliphatic rings. The van der Waals surface area contributed by atoms with E-state index in [-0.39, 0.29) is 5.97 Å². The van der Waals surface area contributed by atoms with E-state index in [2.05, 4.69) is 38.2 Å². The van der Waals surface area contributed by atoms with Crippen molar-refractivity contribution in [3.05, 3.63) is 24.3 Å². The molecule has 0 aromatic carbocycles. The number of esters is 1. The largest absolute Gasteiger partial charge is 0.466 e. The zero-order chi connectivity index (χ0) is 25.5. The second kappa shape index (κ2) is 31.0. The van der Waals surface area contributed by atoms with Crippen molar-refractivity contribution in [2.75, 3.05) is 6.61 Å². The van der Waals surface area contributed by atoms with E-state index in [4.69, 9.17) is 4.74 Å². The Kier molecular flexibility index (Phi) is 30.1. The Morgan fingerprint density at radius 3 is 1.43 bits per heavy atom. The van der Waals surface area contributed by atoms with Gasteiger partial charge < -0.3 is 4.74 Å². The molecule has 0 atom stereocenters. The van der Waals surface area contributed by atoms with Crippen LogP contribution in [0.3, 0.4) is 0 Å². The van der Waals surface area contributed by atoms with Gasteiger partial charge in [0.2, 0.25) is 0 Å². The van der Waals surface area contributed by atoms with Gasteiger partial charge in [0.1, 0.15) is 0 Å². The Morgan fingerprint density at radius 2 is 0.886 bits per heavy atom. The van der Waals surface area contributed by atoms with Crippen molar-refractivity contribution in [3.63, 3.8) is 0 Å². The van der Waals surface area contributed by atoms with E-state index in [9.17, 15) is 4.79 Å². The maximum Gasteiger partial charge on any atom is 0.305 e. The van der Waals surface area contributed by atoms with Crippen molar-refractivity contribution in [1.82, 2.24) is 0 Å². The summed E-state index contributed by atoms with van der Waals surface area (Å²) in [5.41, 5.74) is 0. The van der Waals surface area contributed by atoms with Crippen molar-refractivity contribution in [1.29, 1.82) is 0 Å². The molecule has 0 rings (SSSR count). The minimum Gasteiger partial charge on any atom is -0.466 e. The third-order valence-electron chi connectivity index (χ3n) is 6.84. The normalized spacial score (nSPS) is 11.7. The molecule has 0 amide bonds. The molecule has 0 N–H and O–H groups in total. The lowest BCUT2D eigenvalue weighted by molar-refractivity contribution is -0.143. The average molecular weight is 491 g/mol.